The average Bonchev–Trinajstić information content (AvgIpc) is 2.94. The number of benzene rings is 3. The number of ether oxygens (including phenoxy) is 1. The van der Waals surface area contributed by atoms with Crippen molar-refractivity contribution in [2.75, 3.05) is 20.1 Å². The van der Waals surface area contributed by atoms with Crippen LogP contribution in [0.1, 0.15) is 43.9 Å². The van der Waals surface area contributed by atoms with Gasteiger partial charge in [-0.05, 0) is 43.9 Å². The molecule has 0 bridgehead atoms. The van der Waals surface area contributed by atoms with Crippen molar-refractivity contribution in [3.8, 4) is 0 Å². The highest BCUT2D eigenvalue weighted by atomic mass is 16.6. The monoisotopic (exact) mass is 573 g/mol. The topological polar surface area (TPSA) is 99.2 Å². The van der Waals surface area contributed by atoms with Crippen LogP contribution in [0.4, 0.5) is 4.79 Å². The van der Waals surface area contributed by atoms with Crippen molar-refractivity contribution >= 4 is 18.0 Å². The van der Waals surface area contributed by atoms with Crippen LogP contribution in [0.25, 0.3) is 0 Å². The van der Waals surface area contributed by atoms with E-state index in [2.05, 4.69) is 5.32 Å². The Kier molecular flexibility index (Phi) is 12.1. The maximum absolute atomic E-state index is 14.0. The van der Waals surface area contributed by atoms with Gasteiger partial charge in [0, 0.05) is 39.1 Å². The molecule has 3 rings (SSSR count). The van der Waals surface area contributed by atoms with Crippen LogP contribution in [-0.2, 0) is 33.7 Å². The van der Waals surface area contributed by atoms with E-state index in [0.29, 0.717) is 19.4 Å². The summed E-state index contributed by atoms with van der Waals surface area (Å²) in [5, 5.41) is 12.8. The minimum absolute atomic E-state index is 0.0759. The molecular weight excluding hydrogens is 530 g/mol. The van der Waals surface area contributed by atoms with Gasteiger partial charge in [0.25, 0.3) is 0 Å². The van der Waals surface area contributed by atoms with E-state index in [-0.39, 0.29) is 31.5 Å². The molecule has 0 saturated carbocycles. The highest BCUT2D eigenvalue weighted by Gasteiger charge is 2.35. The predicted octanol–water partition coefficient (Wildman–Crippen LogP) is 5.17. The number of aliphatic carboxylic acids is 1. The number of likely N-dealkylation sites (N-methyl/N-ethyl adjacent to an activating group) is 1. The molecule has 2 amide bonds. The fourth-order valence-electron chi connectivity index (χ4n) is 4.77. The molecule has 0 fully saturated rings. The normalized spacial score (nSPS) is 12.7. The molecule has 3 aromatic carbocycles. The molecule has 2 N–H and O–H groups in total. The SMILES string of the molecule is CN(Cc1ccccc1)C(=O)[C@H](Cc1ccccc1)N(CCN[C@H](CC(=O)O)Cc1ccccc1)C(=O)OC(C)(C)C. The van der Waals surface area contributed by atoms with Crippen LogP contribution in [-0.4, -0.2) is 70.7 Å². The lowest BCUT2D eigenvalue weighted by atomic mass is 10.0. The molecular formula is C34H43N3O5. The van der Waals surface area contributed by atoms with Crippen molar-refractivity contribution in [1.82, 2.24) is 15.1 Å². The van der Waals surface area contributed by atoms with E-state index in [9.17, 15) is 19.5 Å². The number of amides is 2. The number of hydrogen-bond acceptors (Lipinski definition) is 5. The lowest BCUT2D eigenvalue weighted by molar-refractivity contribution is -0.137. The quantitative estimate of drug-likeness (QED) is 0.276. The van der Waals surface area contributed by atoms with Crippen LogP contribution in [0.15, 0.2) is 91.0 Å². The first-order chi connectivity index (χ1) is 20.0. The summed E-state index contributed by atoms with van der Waals surface area (Å²) in [6.45, 7) is 6.20. The summed E-state index contributed by atoms with van der Waals surface area (Å²) in [6, 6.07) is 27.8. The Bertz CT molecular complexity index is 1260. The zero-order chi connectivity index (χ0) is 30.5. The van der Waals surface area contributed by atoms with Gasteiger partial charge < -0.3 is 20.1 Å². The molecule has 0 spiro atoms. The molecule has 0 heterocycles. The Morgan fingerprint density at radius 2 is 1.31 bits per heavy atom. The number of nitrogens with zero attached hydrogens (tertiary/aromatic N) is 2. The van der Waals surface area contributed by atoms with Crippen LogP contribution in [0.5, 0.6) is 0 Å². The van der Waals surface area contributed by atoms with E-state index in [0.717, 1.165) is 16.7 Å². The van der Waals surface area contributed by atoms with Gasteiger partial charge in [0.1, 0.15) is 11.6 Å². The molecule has 8 nitrogen and oxygen atoms in total. The molecule has 8 heteroatoms. The largest absolute Gasteiger partial charge is 0.481 e. The summed E-state index contributed by atoms with van der Waals surface area (Å²) in [5.74, 6) is -1.12. The second-order valence-electron chi connectivity index (χ2n) is 11.5. The smallest absolute Gasteiger partial charge is 0.411 e. The molecule has 0 aliphatic rings. The summed E-state index contributed by atoms with van der Waals surface area (Å²) in [6.07, 6.45) is 0.157. The van der Waals surface area contributed by atoms with Gasteiger partial charge in [-0.3, -0.25) is 14.5 Å². The van der Waals surface area contributed by atoms with Gasteiger partial charge in [-0.25, -0.2) is 4.79 Å². The van der Waals surface area contributed by atoms with Gasteiger partial charge >= 0.3 is 12.1 Å². The number of carboxylic acids is 1. The molecule has 42 heavy (non-hydrogen) atoms. The van der Waals surface area contributed by atoms with Crippen LogP contribution < -0.4 is 5.32 Å². The average molecular weight is 574 g/mol. The third-order valence-electron chi connectivity index (χ3n) is 6.73. The second-order valence-corrected chi connectivity index (χ2v) is 11.5. The Hall–Kier alpha value is -4.17. The van der Waals surface area contributed by atoms with E-state index in [4.69, 9.17) is 4.74 Å². The van der Waals surface area contributed by atoms with E-state index >= 15 is 0 Å². The number of carbonyl (C=O) groups is 3. The Balaban J connectivity index is 1.86. The number of rotatable bonds is 14. The number of carbonyl (C=O) groups excluding carboxylic acids is 2. The zero-order valence-corrected chi connectivity index (χ0v) is 25.0. The minimum Gasteiger partial charge on any atom is -0.481 e. The van der Waals surface area contributed by atoms with E-state index < -0.39 is 23.7 Å². The molecule has 0 unspecified atom stereocenters. The summed E-state index contributed by atoms with van der Waals surface area (Å²) in [5.41, 5.74) is 2.14. The minimum atomic E-state index is -0.910. The van der Waals surface area contributed by atoms with Gasteiger partial charge in [-0.1, -0.05) is 91.0 Å². The van der Waals surface area contributed by atoms with E-state index in [1.807, 2.05) is 91.0 Å². The molecule has 2 atom stereocenters. The molecule has 224 valence electrons. The Morgan fingerprint density at radius 3 is 1.81 bits per heavy atom. The number of hydrogen-bond donors (Lipinski definition) is 2. The maximum Gasteiger partial charge on any atom is 0.411 e. The maximum atomic E-state index is 14.0. The fraction of sp³-hybridized carbons (Fsp3) is 0.382. The third kappa shape index (κ3) is 11.0. The third-order valence-corrected chi connectivity index (χ3v) is 6.73. The summed E-state index contributed by atoms with van der Waals surface area (Å²) in [4.78, 5) is 42.4. The van der Waals surface area contributed by atoms with Gasteiger partial charge in [0.15, 0.2) is 0 Å². The van der Waals surface area contributed by atoms with Crippen molar-refractivity contribution in [3.05, 3.63) is 108 Å². The van der Waals surface area contributed by atoms with Crippen molar-refractivity contribution in [2.45, 2.75) is 64.3 Å². The molecule has 0 radical (unpaired) electrons. The van der Waals surface area contributed by atoms with Gasteiger partial charge in [-0.2, -0.15) is 0 Å². The molecule has 3 aromatic rings. The first-order valence-electron chi connectivity index (χ1n) is 14.3. The molecule has 0 aliphatic heterocycles. The predicted molar refractivity (Wildman–Crippen MR) is 164 cm³/mol. The highest BCUT2D eigenvalue weighted by Crippen LogP contribution is 2.18. The van der Waals surface area contributed by atoms with Crippen molar-refractivity contribution in [3.63, 3.8) is 0 Å². The van der Waals surface area contributed by atoms with Gasteiger partial charge in [0.2, 0.25) is 5.91 Å². The van der Waals surface area contributed by atoms with Gasteiger partial charge in [0.05, 0.1) is 6.42 Å². The molecule has 0 aliphatic carbocycles. The van der Waals surface area contributed by atoms with E-state index in [1.54, 1.807) is 32.7 Å². The highest BCUT2D eigenvalue weighted by molar-refractivity contribution is 5.86. The van der Waals surface area contributed by atoms with Crippen molar-refractivity contribution in [2.24, 2.45) is 0 Å². The summed E-state index contributed by atoms with van der Waals surface area (Å²) < 4.78 is 5.78. The van der Waals surface area contributed by atoms with Crippen LogP contribution in [0, 0.1) is 0 Å². The number of nitrogens with one attached hydrogen (secondary N) is 1. The molecule has 0 saturated heterocycles. The summed E-state index contributed by atoms with van der Waals surface area (Å²) >= 11 is 0. The number of carboxylic acid groups (broad SMARTS) is 1. The fourth-order valence-corrected chi connectivity index (χ4v) is 4.77. The first-order valence-corrected chi connectivity index (χ1v) is 14.3. The van der Waals surface area contributed by atoms with Crippen molar-refractivity contribution < 1.29 is 24.2 Å². The standard InChI is InChI=1S/C34H43N3O5/c1-34(2,3)42-33(41)37(21-20-35-29(24-31(38)39)22-26-14-8-5-9-15-26)30(23-27-16-10-6-11-17-27)32(40)36(4)25-28-18-12-7-13-19-28/h5-19,29-30,35H,20-25H2,1-4H3,(H,38,39)/t29-,30-/m0/s1. The summed E-state index contributed by atoms with van der Waals surface area (Å²) in [7, 11) is 1.74. The van der Waals surface area contributed by atoms with Crippen LogP contribution in [0.2, 0.25) is 0 Å². The Morgan fingerprint density at radius 1 is 0.810 bits per heavy atom. The first kappa shape index (κ1) is 32.3. The lowest BCUT2D eigenvalue weighted by Crippen LogP contribution is -2.54. The zero-order valence-electron chi connectivity index (χ0n) is 25.0. The van der Waals surface area contributed by atoms with E-state index in [1.165, 1.54) is 4.90 Å². The second kappa shape index (κ2) is 15.7. The van der Waals surface area contributed by atoms with Crippen LogP contribution >= 0.6 is 0 Å². The lowest BCUT2D eigenvalue weighted by Gasteiger charge is -2.35. The molecule has 0 aromatic heterocycles. The van der Waals surface area contributed by atoms with Crippen LogP contribution in [0.3, 0.4) is 0 Å². The Labute approximate surface area is 249 Å². The van der Waals surface area contributed by atoms with Crippen molar-refractivity contribution in [1.29, 1.82) is 0 Å². The van der Waals surface area contributed by atoms with Gasteiger partial charge in [-0.15, -0.1) is 0 Å².